The lowest BCUT2D eigenvalue weighted by atomic mass is 10.1. The van der Waals surface area contributed by atoms with Gasteiger partial charge in [-0.1, -0.05) is 0 Å². The monoisotopic (exact) mass is 247 g/mol. The van der Waals surface area contributed by atoms with Crippen LogP contribution in [0.15, 0.2) is 18.5 Å². The maximum Gasteiger partial charge on any atom is 0.139 e. The van der Waals surface area contributed by atoms with Gasteiger partial charge in [0.1, 0.15) is 5.75 Å². The maximum atomic E-state index is 5.55. The Morgan fingerprint density at radius 3 is 3.11 bits per heavy atom. The van der Waals surface area contributed by atoms with Gasteiger partial charge in [-0.2, -0.15) is 0 Å². The molecular weight excluding hydrogens is 226 g/mol. The molecule has 0 aliphatic carbocycles. The van der Waals surface area contributed by atoms with E-state index in [0.29, 0.717) is 18.7 Å². The molecule has 0 saturated carbocycles. The van der Waals surface area contributed by atoms with Crippen LogP contribution in [0.2, 0.25) is 0 Å². The standard InChI is InChI=1S/C14H21N3O/c1-2-18-14-7-13(9-16-10-14)17-11-3-4-12(17)8-15-6-5-11/h7,9-12,15H,2-6,8H2,1H3/t11-,12+/m0/s1. The van der Waals surface area contributed by atoms with Crippen molar-refractivity contribution in [1.29, 1.82) is 0 Å². The predicted molar refractivity (Wildman–Crippen MR) is 72.2 cm³/mol. The molecule has 0 spiro atoms. The highest BCUT2D eigenvalue weighted by atomic mass is 16.5. The van der Waals surface area contributed by atoms with E-state index in [9.17, 15) is 0 Å². The van der Waals surface area contributed by atoms with Crippen molar-refractivity contribution < 1.29 is 4.74 Å². The van der Waals surface area contributed by atoms with Gasteiger partial charge in [-0.3, -0.25) is 4.98 Å². The number of anilines is 1. The van der Waals surface area contributed by atoms with E-state index in [1.165, 1.54) is 24.9 Å². The zero-order valence-corrected chi connectivity index (χ0v) is 10.9. The lowest BCUT2D eigenvalue weighted by Crippen LogP contribution is -2.38. The van der Waals surface area contributed by atoms with Gasteiger partial charge in [0.05, 0.1) is 24.7 Å². The molecule has 2 saturated heterocycles. The second-order valence-corrected chi connectivity index (χ2v) is 5.10. The molecule has 2 fully saturated rings. The van der Waals surface area contributed by atoms with Gasteiger partial charge in [-0.15, -0.1) is 0 Å². The van der Waals surface area contributed by atoms with Gasteiger partial charge in [-0.25, -0.2) is 0 Å². The topological polar surface area (TPSA) is 37.4 Å². The van der Waals surface area contributed by atoms with E-state index in [-0.39, 0.29) is 0 Å². The van der Waals surface area contributed by atoms with Gasteiger partial charge in [-0.05, 0) is 32.7 Å². The average Bonchev–Trinajstić information content (AvgIpc) is 2.64. The third-order valence-electron chi connectivity index (χ3n) is 3.96. The highest BCUT2D eigenvalue weighted by Gasteiger charge is 2.35. The molecule has 18 heavy (non-hydrogen) atoms. The second-order valence-electron chi connectivity index (χ2n) is 5.10. The number of ether oxygens (including phenoxy) is 1. The van der Waals surface area contributed by atoms with Crippen LogP contribution in [0.4, 0.5) is 5.69 Å². The van der Waals surface area contributed by atoms with Crippen molar-refractivity contribution in [2.45, 2.75) is 38.3 Å². The molecule has 1 aromatic heterocycles. The van der Waals surface area contributed by atoms with E-state index in [1.54, 1.807) is 6.20 Å². The summed E-state index contributed by atoms with van der Waals surface area (Å²) in [4.78, 5) is 6.87. The Labute approximate surface area is 108 Å². The Bertz CT molecular complexity index is 396. The van der Waals surface area contributed by atoms with Crippen molar-refractivity contribution in [1.82, 2.24) is 10.3 Å². The summed E-state index contributed by atoms with van der Waals surface area (Å²) in [5.41, 5.74) is 1.22. The summed E-state index contributed by atoms with van der Waals surface area (Å²) < 4.78 is 5.55. The van der Waals surface area contributed by atoms with E-state index < -0.39 is 0 Å². The van der Waals surface area contributed by atoms with Crippen LogP contribution in [-0.4, -0.2) is 36.8 Å². The summed E-state index contributed by atoms with van der Waals surface area (Å²) in [7, 11) is 0. The van der Waals surface area contributed by atoms with Crippen LogP contribution in [0.5, 0.6) is 5.75 Å². The second kappa shape index (κ2) is 5.14. The molecule has 4 heteroatoms. The zero-order chi connectivity index (χ0) is 12.4. The van der Waals surface area contributed by atoms with E-state index in [1.807, 2.05) is 13.1 Å². The number of hydrogen-bond donors (Lipinski definition) is 1. The first-order valence-electron chi connectivity index (χ1n) is 6.95. The highest BCUT2D eigenvalue weighted by molar-refractivity contribution is 5.51. The minimum Gasteiger partial charge on any atom is -0.492 e. The molecule has 2 bridgehead atoms. The van der Waals surface area contributed by atoms with Crippen LogP contribution in [0, 0.1) is 0 Å². The van der Waals surface area contributed by atoms with E-state index in [2.05, 4.69) is 21.3 Å². The SMILES string of the molecule is CCOc1cncc(N2[C@@H]3CCNC[C@H]2CC3)c1. The van der Waals surface area contributed by atoms with Crippen LogP contribution in [0.1, 0.15) is 26.2 Å². The molecule has 2 aliphatic heterocycles. The van der Waals surface area contributed by atoms with Crippen LogP contribution >= 0.6 is 0 Å². The largest absolute Gasteiger partial charge is 0.492 e. The molecule has 0 aromatic carbocycles. The zero-order valence-electron chi connectivity index (χ0n) is 10.9. The summed E-state index contributed by atoms with van der Waals surface area (Å²) in [6.45, 7) is 4.93. The predicted octanol–water partition coefficient (Wildman–Crippen LogP) is 1.81. The van der Waals surface area contributed by atoms with Crippen molar-refractivity contribution in [2.24, 2.45) is 0 Å². The molecule has 1 N–H and O–H groups in total. The van der Waals surface area contributed by atoms with Crippen molar-refractivity contribution in [3.8, 4) is 5.75 Å². The first kappa shape index (κ1) is 11.8. The smallest absolute Gasteiger partial charge is 0.139 e. The van der Waals surface area contributed by atoms with Crippen molar-refractivity contribution in [2.75, 3.05) is 24.6 Å². The average molecular weight is 247 g/mol. The van der Waals surface area contributed by atoms with Crippen molar-refractivity contribution >= 4 is 5.69 Å². The Kier molecular flexibility index (Phi) is 3.37. The first-order valence-corrected chi connectivity index (χ1v) is 6.95. The summed E-state index contributed by atoms with van der Waals surface area (Å²) >= 11 is 0. The van der Waals surface area contributed by atoms with Gasteiger partial charge in [0.2, 0.25) is 0 Å². The molecule has 3 rings (SSSR count). The molecule has 98 valence electrons. The van der Waals surface area contributed by atoms with Gasteiger partial charge >= 0.3 is 0 Å². The van der Waals surface area contributed by atoms with Gasteiger partial charge in [0, 0.05) is 24.7 Å². The number of rotatable bonds is 3. The maximum absolute atomic E-state index is 5.55. The van der Waals surface area contributed by atoms with E-state index in [4.69, 9.17) is 4.74 Å². The Balaban J connectivity index is 1.86. The molecule has 0 unspecified atom stereocenters. The lowest BCUT2D eigenvalue weighted by molar-refractivity contribution is 0.339. The highest BCUT2D eigenvalue weighted by Crippen LogP contribution is 2.34. The van der Waals surface area contributed by atoms with Gasteiger partial charge in [0.15, 0.2) is 0 Å². The fraction of sp³-hybridized carbons (Fsp3) is 0.643. The van der Waals surface area contributed by atoms with Gasteiger partial charge in [0.25, 0.3) is 0 Å². The van der Waals surface area contributed by atoms with E-state index in [0.717, 1.165) is 18.8 Å². The van der Waals surface area contributed by atoms with Crippen LogP contribution in [0.3, 0.4) is 0 Å². The number of aromatic nitrogens is 1. The van der Waals surface area contributed by atoms with Crippen LogP contribution < -0.4 is 15.0 Å². The number of nitrogens with one attached hydrogen (secondary N) is 1. The molecule has 0 radical (unpaired) electrons. The summed E-state index contributed by atoms with van der Waals surface area (Å²) in [6.07, 6.45) is 7.60. The molecule has 2 aliphatic rings. The van der Waals surface area contributed by atoms with E-state index >= 15 is 0 Å². The summed E-state index contributed by atoms with van der Waals surface area (Å²) in [6, 6.07) is 3.42. The fourth-order valence-electron chi connectivity index (χ4n) is 3.20. The molecule has 2 atom stereocenters. The molecule has 4 nitrogen and oxygen atoms in total. The fourth-order valence-corrected chi connectivity index (χ4v) is 3.20. The number of hydrogen-bond acceptors (Lipinski definition) is 4. The molecular formula is C14H21N3O. The van der Waals surface area contributed by atoms with Crippen molar-refractivity contribution in [3.63, 3.8) is 0 Å². The number of pyridine rings is 1. The third-order valence-corrected chi connectivity index (χ3v) is 3.96. The van der Waals surface area contributed by atoms with Crippen LogP contribution in [-0.2, 0) is 0 Å². The minimum absolute atomic E-state index is 0.621. The normalized spacial score (nSPS) is 27.1. The summed E-state index contributed by atoms with van der Waals surface area (Å²) in [5, 5.41) is 3.52. The lowest BCUT2D eigenvalue weighted by Gasteiger charge is -2.30. The summed E-state index contributed by atoms with van der Waals surface area (Å²) in [5.74, 6) is 0.881. The molecule has 0 amide bonds. The number of fused-ring (bicyclic) bond motifs is 2. The molecule has 1 aromatic rings. The Hall–Kier alpha value is -1.29. The van der Waals surface area contributed by atoms with Gasteiger partial charge < -0.3 is 15.0 Å². The first-order chi connectivity index (χ1) is 8.88. The Morgan fingerprint density at radius 1 is 1.33 bits per heavy atom. The minimum atomic E-state index is 0.621. The Morgan fingerprint density at radius 2 is 2.22 bits per heavy atom. The van der Waals surface area contributed by atoms with Crippen molar-refractivity contribution in [3.05, 3.63) is 18.5 Å². The molecule has 3 heterocycles. The quantitative estimate of drug-likeness (QED) is 0.884. The van der Waals surface area contributed by atoms with Crippen LogP contribution in [0.25, 0.3) is 0 Å². The number of nitrogens with zero attached hydrogens (tertiary/aromatic N) is 2. The third kappa shape index (κ3) is 2.17.